The monoisotopic (exact) mass is 362 g/mol. The van der Waals surface area contributed by atoms with Crippen molar-refractivity contribution in [2.24, 2.45) is 11.8 Å². The number of hydrogen-bond donors (Lipinski definition) is 2. The molecule has 1 aliphatic carbocycles. The van der Waals surface area contributed by atoms with E-state index in [4.69, 9.17) is 0 Å². The van der Waals surface area contributed by atoms with Crippen LogP contribution in [0.1, 0.15) is 39.0 Å². The molecule has 140 valence electrons. The van der Waals surface area contributed by atoms with Gasteiger partial charge in [0.2, 0.25) is 11.8 Å². The summed E-state index contributed by atoms with van der Waals surface area (Å²) in [5.41, 5.74) is -0.657. The molecule has 0 spiro atoms. The van der Waals surface area contributed by atoms with Crippen molar-refractivity contribution in [3.8, 4) is 0 Å². The number of aliphatic carboxylic acids is 1. The summed E-state index contributed by atoms with van der Waals surface area (Å²) in [6, 6.07) is 5.96. The normalized spacial score (nSPS) is 28.8. The predicted molar refractivity (Wildman–Crippen MR) is 93.0 cm³/mol. The van der Waals surface area contributed by atoms with Gasteiger partial charge in [-0.15, -0.1) is 0 Å². The lowest BCUT2D eigenvalue weighted by Gasteiger charge is -2.40. The number of carbonyl (C=O) groups excluding carboxylic acids is 2. The molecule has 26 heavy (non-hydrogen) atoms. The van der Waals surface area contributed by atoms with Crippen LogP contribution in [-0.4, -0.2) is 35.0 Å². The van der Waals surface area contributed by atoms with Gasteiger partial charge >= 0.3 is 5.97 Å². The van der Waals surface area contributed by atoms with E-state index >= 15 is 0 Å². The number of carboxylic acids is 1. The first-order chi connectivity index (χ1) is 12.3. The zero-order valence-corrected chi connectivity index (χ0v) is 14.7. The molecule has 2 fully saturated rings. The van der Waals surface area contributed by atoms with Crippen LogP contribution in [0.2, 0.25) is 0 Å². The maximum absolute atomic E-state index is 14.0. The molecule has 3 rings (SSSR count). The molecule has 1 saturated carbocycles. The molecule has 6 nitrogen and oxygen atoms in total. The van der Waals surface area contributed by atoms with E-state index in [0.717, 1.165) is 12.8 Å². The second-order valence-electron chi connectivity index (χ2n) is 7.40. The van der Waals surface area contributed by atoms with Crippen molar-refractivity contribution < 1.29 is 23.9 Å². The molecule has 0 bridgehead atoms. The molecule has 2 aliphatic rings. The van der Waals surface area contributed by atoms with Gasteiger partial charge in [0.15, 0.2) is 0 Å². The summed E-state index contributed by atoms with van der Waals surface area (Å²) >= 11 is 0. The number of nitrogens with one attached hydrogen (secondary N) is 1. The van der Waals surface area contributed by atoms with E-state index in [1.807, 2.05) is 0 Å². The highest BCUT2D eigenvalue weighted by atomic mass is 19.1. The fraction of sp³-hybridized carbons (Fsp3) is 0.526. The minimum Gasteiger partial charge on any atom is -0.481 e. The minimum atomic E-state index is -0.914. The summed E-state index contributed by atoms with van der Waals surface area (Å²) in [4.78, 5) is 37.8. The first-order valence-corrected chi connectivity index (χ1v) is 8.91. The molecule has 3 atom stereocenters. The molecule has 3 unspecified atom stereocenters. The lowest BCUT2D eigenvalue weighted by molar-refractivity contribution is -0.147. The van der Waals surface area contributed by atoms with Crippen molar-refractivity contribution in [1.82, 2.24) is 5.32 Å². The van der Waals surface area contributed by atoms with Crippen molar-refractivity contribution in [3.63, 3.8) is 0 Å². The van der Waals surface area contributed by atoms with Crippen LogP contribution >= 0.6 is 0 Å². The first kappa shape index (κ1) is 18.4. The number of carboxylic acid groups (broad SMARTS) is 1. The van der Waals surface area contributed by atoms with E-state index in [0.29, 0.717) is 12.8 Å². The predicted octanol–water partition coefficient (Wildman–Crippen LogP) is 2.33. The van der Waals surface area contributed by atoms with E-state index < -0.39 is 29.2 Å². The van der Waals surface area contributed by atoms with E-state index in [2.05, 4.69) is 5.32 Å². The number of benzene rings is 1. The van der Waals surface area contributed by atoms with E-state index in [1.165, 1.54) is 17.0 Å². The number of rotatable bonds is 4. The highest BCUT2D eigenvalue weighted by Gasteiger charge is 2.44. The number of halogens is 1. The third-order valence-electron chi connectivity index (χ3n) is 5.55. The van der Waals surface area contributed by atoms with Gasteiger partial charge in [0.25, 0.3) is 0 Å². The number of para-hydroxylation sites is 1. The zero-order valence-electron chi connectivity index (χ0n) is 14.7. The topological polar surface area (TPSA) is 86.7 Å². The number of carbonyl (C=O) groups is 3. The van der Waals surface area contributed by atoms with Gasteiger partial charge in [-0.05, 0) is 31.9 Å². The molecule has 2 N–H and O–H groups in total. The Morgan fingerprint density at radius 1 is 1.31 bits per heavy atom. The standard InChI is InChI=1S/C19H23FN2O4/c1-19(9-5-4-6-13(19)18(25)26)21-17(24)12-10-16(23)22(11-12)15-8-3-2-7-14(15)20/h2-3,7-8,12-13H,4-6,9-11H2,1H3,(H,21,24)(H,25,26). The van der Waals surface area contributed by atoms with Gasteiger partial charge in [0.1, 0.15) is 5.82 Å². The van der Waals surface area contributed by atoms with Gasteiger partial charge in [-0.3, -0.25) is 14.4 Å². The van der Waals surface area contributed by atoms with Crippen LogP contribution in [0.4, 0.5) is 10.1 Å². The van der Waals surface area contributed by atoms with E-state index in [9.17, 15) is 23.9 Å². The van der Waals surface area contributed by atoms with Gasteiger partial charge in [0, 0.05) is 13.0 Å². The summed E-state index contributed by atoms with van der Waals surface area (Å²) < 4.78 is 14.0. The first-order valence-electron chi connectivity index (χ1n) is 8.91. The van der Waals surface area contributed by atoms with Crippen molar-refractivity contribution in [2.75, 3.05) is 11.4 Å². The lowest BCUT2D eigenvalue weighted by Crippen LogP contribution is -2.56. The molecule has 0 aromatic heterocycles. The quantitative estimate of drug-likeness (QED) is 0.861. The van der Waals surface area contributed by atoms with Crippen LogP contribution in [0.5, 0.6) is 0 Å². The van der Waals surface area contributed by atoms with Gasteiger partial charge in [-0.25, -0.2) is 4.39 Å². The van der Waals surface area contributed by atoms with Gasteiger partial charge in [-0.1, -0.05) is 25.0 Å². The zero-order chi connectivity index (χ0) is 18.9. The fourth-order valence-corrected chi connectivity index (χ4v) is 4.05. The smallest absolute Gasteiger partial charge is 0.308 e. The molecule has 7 heteroatoms. The minimum absolute atomic E-state index is 0.00597. The Kier molecular flexibility index (Phi) is 4.98. The van der Waals surface area contributed by atoms with Crippen LogP contribution in [-0.2, 0) is 14.4 Å². The van der Waals surface area contributed by atoms with Crippen LogP contribution in [0.3, 0.4) is 0 Å². The number of nitrogens with zero attached hydrogens (tertiary/aromatic N) is 1. The molecule has 2 amide bonds. The molecular formula is C19H23FN2O4. The molecule has 1 saturated heterocycles. The Morgan fingerprint density at radius 2 is 2.04 bits per heavy atom. The number of hydrogen-bond acceptors (Lipinski definition) is 3. The largest absolute Gasteiger partial charge is 0.481 e. The lowest BCUT2D eigenvalue weighted by atomic mass is 9.73. The average Bonchev–Trinajstić information content (AvgIpc) is 2.97. The SMILES string of the molecule is CC1(NC(=O)C2CC(=O)N(c3ccccc3F)C2)CCCCC1C(=O)O. The molecular weight excluding hydrogens is 339 g/mol. The maximum atomic E-state index is 14.0. The Bertz CT molecular complexity index is 738. The van der Waals surface area contributed by atoms with E-state index in [-0.39, 0.29) is 30.5 Å². The summed E-state index contributed by atoms with van der Waals surface area (Å²) in [6.07, 6.45) is 2.79. The second-order valence-corrected chi connectivity index (χ2v) is 7.40. The summed E-state index contributed by atoms with van der Waals surface area (Å²) in [5.74, 6) is -3.32. The highest BCUT2D eigenvalue weighted by Crippen LogP contribution is 2.35. The van der Waals surface area contributed by atoms with Gasteiger partial charge in [0.05, 0.1) is 23.1 Å². The van der Waals surface area contributed by atoms with Crippen LogP contribution in [0.15, 0.2) is 24.3 Å². The van der Waals surface area contributed by atoms with Crippen molar-refractivity contribution in [3.05, 3.63) is 30.1 Å². The molecule has 1 aromatic rings. The number of amides is 2. The fourth-order valence-electron chi connectivity index (χ4n) is 4.05. The van der Waals surface area contributed by atoms with Crippen molar-refractivity contribution in [1.29, 1.82) is 0 Å². The van der Waals surface area contributed by atoms with E-state index in [1.54, 1.807) is 19.1 Å². The van der Waals surface area contributed by atoms with Crippen LogP contribution in [0.25, 0.3) is 0 Å². The average molecular weight is 362 g/mol. The highest BCUT2D eigenvalue weighted by molar-refractivity contribution is 6.00. The van der Waals surface area contributed by atoms with Gasteiger partial charge < -0.3 is 15.3 Å². The Morgan fingerprint density at radius 3 is 2.73 bits per heavy atom. The molecule has 1 heterocycles. The Hall–Kier alpha value is -2.44. The van der Waals surface area contributed by atoms with Gasteiger partial charge in [-0.2, -0.15) is 0 Å². The maximum Gasteiger partial charge on any atom is 0.308 e. The third-order valence-corrected chi connectivity index (χ3v) is 5.55. The molecule has 1 aliphatic heterocycles. The summed E-state index contributed by atoms with van der Waals surface area (Å²) in [7, 11) is 0. The molecule has 0 radical (unpaired) electrons. The Labute approximate surface area is 151 Å². The summed E-state index contributed by atoms with van der Waals surface area (Å²) in [5, 5.41) is 12.3. The van der Waals surface area contributed by atoms with Crippen LogP contribution < -0.4 is 10.2 Å². The van der Waals surface area contributed by atoms with Crippen molar-refractivity contribution in [2.45, 2.75) is 44.6 Å². The summed E-state index contributed by atoms with van der Waals surface area (Å²) in [6.45, 7) is 1.85. The second kappa shape index (κ2) is 7.05. The van der Waals surface area contributed by atoms with Crippen LogP contribution in [0, 0.1) is 17.7 Å². The molecule has 1 aromatic carbocycles. The number of anilines is 1. The van der Waals surface area contributed by atoms with Crippen molar-refractivity contribution >= 4 is 23.5 Å². The third kappa shape index (κ3) is 3.43. The Balaban J connectivity index is 1.72.